The van der Waals surface area contributed by atoms with Gasteiger partial charge in [0.1, 0.15) is 11.5 Å². The molecule has 0 amide bonds. The molecule has 0 fully saturated rings. The Kier molecular flexibility index (Phi) is 9.95. The van der Waals surface area contributed by atoms with Gasteiger partial charge in [-0.25, -0.2) is 9.59 Å². The van der Waals surface area contributed by atoms with Crippen LogP contribution in [0.2, 0.25) is 0 Å². The van der Waals surface area contributed by atoms with Crippen LogP contribution >= 0.6 is 0 Å². The molecule has 2 aromatic rings. The van der Waals surface area contributed by atoms with Gasteiger partial charge < -0.3 is 20.4 Å². The Morgan fingerprint density at radius 2 is 0.966 bits per heavy atom. The average Bonchev–Trinajstić information content (AvgIpc) is 2.63. The monoisotopic (exact) mass is 400 g/mol. The van der Waals surface area contributed by atoms with Crippen LogP contribution in [-0.2, 0) is 15.0 Å². The Labute approximate surface area is 171 Å². The average molecular weight is 400 g/mol. The van der Waals surface area contributed by atoms with Gasteiger partial charge in [-0.3, -0.25) is 0 Å². The van der Waals surface area contributed by atoms with Crippen LogP contribution in [0.1, 0.15) is 38.8 Å². The third kappa shape index (κ3) is 8.34. The van der Waals surface area contributed by atoms with Crippen molar-refractivity contribution >= 4 is 11.9 Å². The van der Waals surface area contributed by atoms with Crippen LogP contribution < -0.4 is 0 Å². The molecule has 0 aliphatic carbocycles. The van der Waals surface area contributed by atoms with E-state index in [-0.39, 0.29) is 22.6 Å². The molecule has 2 rings (SSSR count). The third-order valence-corrected chi connectivity index (χ3v) is 3.88. The first-order chi connectivity index (χ1) is 13.3. The van der Waals surface area contributed by atoms with E-state index in [1.807, 2.05) is 38.1 Å². The highest BCUT2D eigenvalue weighted by molar-refractivity contribution is 5.85. The van der Waals surface area contributed by atoms with Crippen molar-refractivity contribution in [2.24, 2.45) is 0 Å². The van der Waals surface area contributed by atoms with Gasteiger partial charge in [0.25, 0.3) is 0 Å². The molecule has 4 N–H and O–H groups in total. The van der Waals surface area contributed by atoms with Crippen LogP contribution in [-0.4, -0.2) is 32.4 Å². The van der Waals surface area contributed by atoms with Crippen molar-refractivity contribution in [2.75, 3.05) is 0 Å². The van der Waals surface area contributed by atoms with Crippen LogP contribution in [0.25, 0.3) is 0 Å². The zero-order chi connectivity index (χ0) is 22.8. The van der Waals surface area contributed by atoms with Gasteiger partial charge in [0.05, 0.1) is 0 Å². The van der Waals surface area contributed by atoms with E-state index < -0.39 is 17.4 Å². The van der Waals surface area contributed by atoms with E-state index in [1.54, 1.807) is 24.3 Å². The summed E-state index contributed by atoms with van der Waals surface area (Å²) in [7, 11) is 0. The van der Waals surface area contributed by atoms with Crippen molar-refractivity contribution in [3.63, 3.8) is 0 Å². The molecule has 0 unspecified atom stereocenters. The largest absolute Gasteiger partial charge is 0.508 e. The van der Waals surface area contributed by atoms with Gasteiger partial charge >= 0.3 is 11.9 Å². The summed E-state index contributed by atoms with van der Waals surface area (Å²) in [6, 6.07) is 14.4. The van der Waals surface area contributed by atoms with E-state index in [1.165, 1.54) is 13.8 Å². The van der Waals surface area contributed by atoms with Gasteiger partial charge in [-0.2, -0.15) is 0 Å². The molecule has 0 radical (unpaired) electrons. The van der Waals surface area contributed by atoms with Crippen molar-refractivity contribution < 1.29 is 30.0 Å². The molecular weight excluding hydrogens is 372 g/mol. The molecule has 2 aromatic carbocycles. The highest BCUT2D eigenvalue weighted by Gasteiger charge is 2.28. The van der Waals surface area contributed by atoms with E-state index in [0.717, 1.165) is 11.1 Å². The summed E-state index contributed by atoms with van der Waals surface area (Å²) in [5.41, 5.74) is 1.53. The van der Waals surface area contributed by atoms with Crippen molar-refractivity contribution in [3.8, 4) is 11.5 Å². The molecule has 0 spiro atoms. The topological polar surface area (TPSA) is 115 Å². The summed E-state index contributed by atoms with van der Waals surface area (Å²) in [5.74, 6) is -1.37. The quantitative estimate of drug-likeness (QED) is 0.552. The van der Waals surface area contributed by atoms with E-state index >= 15 is 0 Å². The van der Waals surface area contributed by atoms with Gasteiger partial charge in [-0.15, -0.1) is 0 Å². The minimum atomic E-state index is -0.935. The first-order valence-electron chi connectivity index (χ1n) is 8.66. The Morgan fingerprint density at radius 1 is 0.724 bits per heavy atom. The predicted molar refractivity (Wildman–Crippen MR) is 113 cm³/mol. The minimum Gasteiger partial charge on any atom is -0.508 e. The highest BCUT2D eigenvalue weighted by atomic mass is 16.4. The molecule has 29 heavy (non-hydrogen) atoms. The first kappa shape index (κ1) is 25.5. The molecule has 0 aliphatic heterocycles. The van der Waals surface area contributed by atoms with Crippen LogP contribution in [0, 0.1) is 0 Å². The number of hydrogen-bond acceptors (Lipinski definition) is 4. The molecule has 0 aromatic heterocycles. The molecule has 0 atom stereocenters. The smallest absolute Gasteiger partial charge is 0.330 e. The summed E-state index contributed by atoms with van der Waals surface area (Å²) in [4.78, 5) is 19.2. The Morgan fingerprint density at radius 3 is 1.17 bits per heavy atom. The summed E-state index contributed by atoms with van der Waals surface area (Å²) < 4.78 is 0. The second-order valence-electron chi connectivity index (χ2n) is 6.83. The fraction of sp³-hybridized carbons (Fsp3) is 0.217. The molecule has 0 aliphatic rings. The maximum atomic E-state index is 9.92. The molecular formula is C23H28O6. The summed E-state index contributed by atoms with van der Waals surface area (Å²) in [6.07, 6.45) is 0. The van der Waals surface area contributed by atoms with Crippen molar-refractivity contribution in [1.82, 2.24) is 0 Å². The van der Waals surface area contributed by atoms with Crippen molar-refractivity contribution in [3.05, 3.63) is 84.0 Å². The lowest BCUT2D eigenvalue weighted by atomic mass is 9.77. The van der Waals surface area contributed by atoms with E-state index in [4.69, 9.17) is 10.2 Å². The van der Waals surface area contributed by atoms with E-state index in [0.29, 0.717) is 0 Å². The zero-order valence-electron chi connectivity index (χ0n) is 17.1. The van der Waals surface area contributed by atoms with Crippen LogP contribution in [0.3, 0.4) is 0 Å². The summed E-state index contributed by atoms with van der Waals surface area (Å²) in [5, 5.41) is 35.6. The van der Waals surface area contributed by atoms with Crippen molar-refractivity contribution in [2.45, 2.75) is 33.1 Å². The van der Waals surface area contributed by atoms with Crippen molar-refractivity contribution in [1.29, 1.82) is 0 Å². The number of carboxylic acid groups (broad SMARTS) is 2. The van der Waals surface area contributed by atoms with E-state index in [2.05, 4.69) is 13.2 Å². The predicted octanol–water partition coefficient (Wildman–Crippen LogP) is 4.72. The maximum Gasteiger partial charge on any atom is 0.330 e. The van der Waals surface area contributed by atoms with Gasteiger partial charge in [0, 0.05) is 27.7 Å². The number of aliphatic carboxylic acids is 2. The molecule has 156 valence electrons. The summed E-state index contributed by atoms with van der Waals surface area (Å²) in [6.45, 7) is 13.2. The number of hydrogen-bond donors (Lipinski definition) is 4. The van der Waals surface area contributed by atoms with Gasteiger partial charge in [-0.1, -0.05) is 63.4 Å². The molecule has 6 nitrogen and oxygen atoms in total. The standard InChI is InChI=1S/C15H16O2.2C4H6O2/c1-15(2,11-7-3-5-9-13(11)16)12-8-4-6-10-14(12)17;2*1-3(2)4(5)6/h3-10,16-17H,1-2H3;2*1H2,2H3,(H,5,6). The van der Waals surface area contributed by atoms with E-state index in [9.17, 15) is 19.8 Å². The van der Waals surface area contributed by atoms with Crippen LogP contribution in [0.5, 0.6) is 11.5 Å². The molecule has 6 heteroatoms. The fourth-order valence-corrected chi connectivity index (χ4v) is 2.15. The SMILES string of the molecule is C=C(C)C(=O)O.C=C(C)C(=O)O.CC(C)(c1ccccc1O)c1ccccc1O. The highest BCUT2D eigenvalue weighted by Crippen LogP contribution is 2.39. The number of carboxylic acids is 2. The first-order valence-corrected chi connectivity index (χ1v) is 8.66. The lowest BCUT2D eigenvalue weighted by molar-refractivity contribution is -0.133. The van der Waals surface area contributed by atoms with Gasteiger partial charge in [0.15, 0.2) is 0 Å². The lowest BCUT2D eigenvalue weighted by Gasteiger charge is -2.27. The minimum absolute atomic E-state index is 0.176. The second-order valence-corrected chi connectivity index (χ2v) is 6.83. The maximum absolute atomic E-state index is 9.92. The number of rotatable bonds is 4. The van der Waals surface area contributed by atoms with Crippen LogP contribution in [0.4, 0.5) is 0 Å². The lowest BCUT2D eigenvalue weighted by Crippen LogP contribution is -2.19. The molecule has 0 saturated heterocycles. The molecule has 0 bridgehead atoms. The number of aromatic hydroxyl groups is 2. The number of benzene rings is 2. The third-order valence-electron chi connectivity index (χ3n) is 3.88. The molecule has 0 heterocycles. The number of phenols is 2. The fourth-order valence-electron chi connectivity index (χ4n) is 2.15. The Hall–Kier alpha value is -3.54. The van der Waals surface area contributed by atoms with Crippen LogP contribution in [0.15, 0.2) is 72.8 Å². The normalized spacial score (nSPS) is 9.79. The van der Waals surface area contributed by atoms with Gasteiger partial charge in [0.2, 0.25) is 0 Å². The Bertz CT molecular complexity index is 785. The number of para-hydroxylation sites is 2. The number of carbonyl (C=O) groups is 2. The Balaban J connectivity index is 0.000000542. The molecule has 0 saturated carbocycles. The zero-order valence-corrected chi connectivity index (χ0v) is 17.1. The number of phenolic OH excluding ortho intramolecular Hbond substituents is 2. The second kappa shape index (κ2) is 11.3. The summed E-state index contributed by atoms with van der Waals surface area (Å²) >= 11 is 0. The van der Waals surface area contributed by atoms with Gasteiger partial charge in [-0.05, 0) is 26.0 Å².